The minimum absolute atomic E-state index is 0.115. The van der Waals surface area contributed by atoms with Crippen LogP contribution < -0.4 is 5.32 Å². The van der Waals surface area contributed by atoms with Gasteiger partial charge in [-0.1, -0.05) is 35.5 Å². The number of hydrogen-bond acceptors (Lipinski definition) is 5. The summed E-state index contributed by atoms with van der Waals surface area (Å²) in [5.74, 6) is 1.26. The number of nitrogens with one attached hydrogen (secondary N) is 1. The third-order valence-electron chi connectivity index (χ3n) is 2.89. The Hall–Kier alpha value is -1.72. The van der Waals surface area contributed by atoms with Crippen molar-refractivity contribution in [3.05, 3.63) is 47.6 Å². The van der Waals surface area contributed by atoms with Crippen LogP contribution in [0.4, 0.5) is 0 Å². The first-order valence-electron chi connectivity index (χ1n) is 6.10. The number of ether oxygens (including phenoxy) is 1. The van der Waals surface area contributed by atoms with Crippen LogP contribution in [0.1, 0.15) is 23.4 Å². The Morgan fingerprint density at radius 1 is 1.28 bits per heavy atom. The molecule has 1 aromatic heterocycles. The van der Waals surface area contributed by atoms with Crippen LogP contribution in [0.2, 0.25) is 0 Å². The normalized spacial score (nSPS) is 19.9. The highest BCUT2D eigenvalue weighted by molar-refractivity contribution is 5.18. The quantitative estimate of drug-likeness (QED) is 0.883. The second kappa shape index (κ2) is 5.29. The van der Waals surface area contributed by atoms with Crippen molar-refractivity contribution < 1.29 is 9.26 Å². The first-order valence-corrected chi connectivity index (χ1v) is 6.10. The van der Waals surface area contributed by atoms with Gasteiger partial charge in [0.2, 0.25) is 0 Å². The van der Waals surface area contributed by atoms with Crippen LogP contribution in [0.15, 0.2) is 34.9 Å². The molecule has 1 aliphatic rings. The van der Waals surface area contributed by atoms with E-state index in [0.717, 1.165) is 13.1 Å². The molecule has 5 heteroatoms. The summed E-state index contributed by atoms with van der Waals surface area (Å²) in [6.07, 6.45) is 0.570. The maximum Gasteiger partial charge on any atom is 0.257 e. The number of benzene rings is 1. The zero-order chi connectivity index (χ0) is 12.2. The van der Waals surface area contributed by atoms with Crippen LogP contribution in [0.5, 0.6) is 0 Å². The zero-order valence-electron chi connectivity index (χ0n) is 10.0. The second-order valence-electron chi connectivity index (χ2n) is 4.27. The van der Waals surface area contributed by atoms with Crippen LogP contribution in [0.3, 0.4) is 0 Å². The zero-order valence-corrected chi connectivity index (χ0v) is 10.0. The second-order valence-corrected chi connectivity index (χ2v) is 4.27. The first kappa shape index (κ1) is 11.4. The van der Waals surface area contributed by atoms with E-state index < -0.39 is 0 Å². The van der Waals surface area contributed by atoms with Gasteiger partial charge < -0.3 is 14.6 Å². The molecule has 5 nitrogen and oxygen atoms in total. The molecule has 2 aromatic rings. The molecule has 3 rings (SSSR count). The van der Waals surface area contributed by atoms with Crippen molar-refractivity contribution in [3.8, 4) is 0 Å². The van der Waals surface area contributed by atoms with Crippen molar-refractivity contribution in [2.24, 2.45) is 0 Å². The maximum absolute atomic E-state index is 5.57. The molecule has 1 saturated heterocycles. The highest BCUT2D eigenvalue weighted by Crippen LogP contribution is 2.17. The van der Waals surface area contributed by atoms with Gasteiger partial charge >= 0.3 is 0 Å². The topological polar surface area (TPSA) is 60.2 Å². The lowest BCUT2D eigenvalue weighted by molar-refractivity contribution is 0.00755. The van der Waals surface area contributed by atoms with Gasteiger partial charge in [-0.15, -0.1) is 0 Å². The Morgan fingerprint density at radius 2 is 2.17 bits per heavy atom. The smallest absolute Gasteiger partial charge is 0.257 e. The molecule has 0 saturated carbocycles. The molecule has 0 radical (unpaired) electrons. The number of aromatic nitrogens is 2. The first-order chi connectivity index (χ1) is 8.92. The van der Waals surface area contributed by atoms with Gasteiger partial charge in [-0.25, -0.2) is 0 Å². The van der Waals surface area contributed by atoms with Crippen molar-refractivity contribution >= 4 is 0 Å². The van der Waals surface area contributed by atoms with Crippen molar-refractivity contribution in [3.63, 3.8) is 0 Å². The molecule has 1 aliphatic heterocycles. The average molecular weight is 245 g/mol. The number of nitrogens with zero attached hydrogens (tertiary/aromatic N) is 2. The summed E-state index contributed by atoms with van der Waals surface area (Å²) < 4.78 is 10.8. The van der Waals surface area contributed by atoms with Crippen LogP contribution in [0.25, 0.3) is 0 Å². The third-order valence-corrected chi connectivity index (χ3v) is 2.89. The predicted molar refractivity (Wildman–Crippen MR) is 65.1 cm³/mol. The summed E-state index contributed by atoms with van der Waals surface area (Å²) >= 11 is 0. The molecule has 1 atom stereocenters. The van der Waals surface area contributed by atoms with Crippen molar-refractivity contribution in [2.45, 2.75) is 12.5 Å². The monoisotopic (exact) mass is 245 g/mol. The van der Waals surface area contributed by atoms with Gasteiger partial charge in [0.1, 0.15) is 6.10 Å². The van der Waals surface area contributed by atoms with E-state index in [0.29, 0.717) is 24.7 Å². The van der Waals surface area contributed by atoms with Crippen LogP contribution in [-0.2, 0) is 11.2 Å². The fourth-order valence-electron chi connectivity index (χ4n) is 1.97. The molecule has 94 valence electrons. The summed E-state index contributed by atoms with van der Waals surface area (Å²) in [4.78, 5) is 4.39. The van der Waals surface area contributed by atoms with Gasteiger partial charge in [0.25, 0.3) is 5.89 Å². The summed E-state index contributed by atoms with van der Waals surface area (Å²) in [5.41, 5.74) is 1.17. The Bertz CT molecular complexity index is 492. The minimum atomic E-state index is -0.115. The lowest BCUT2D eigenvalue weighted by atomic mass is 10.1. The third kappa shape index (κ3) is 2.57. The fourth-order valence-corrected chi connectivity index (χ4v) is 1.97. The Kier molecular flexibility index (Phi) is 3.34. The van der Waals surface area contributed by atoms with E-state index in [1.807, 2.05) is 18.2 Å². The van der Waals surface area contributed by atoms with Crippen LogP contribution in [0, 0.1) is 0 Å². The van der Waals surface area contributed by atoms with Gasteiger partial charge in [0.05, 0.1) is 6.61 Å². The SMILES string of the molecule is c1ccc(Cc2noc(C3CNCCO3)n2)cc1. The highest BCUT2D eigenvalue weighted by atomic mass is 16.5. The Balaban J connectivity index is 1.69. The van der Waals surface area contributed by atoms with Crippen LogP contribution >= 0.6 is 0 Å². The molecular formula is C13H15N3O2. The maximum atomic E-state index is 5.57. The van der Waals surface area contributed by atoms with E-state index in [-0.39, 0.29) is 6.10 Å². The lowest BCUT2D eigenvalue weighted by Gasteiger charge is -2.19. The van der Waals surface area contributed by atoms with Gasteiger partial charge in [-0.05, 0) is 5.56 Å². The molecule has 0 spiro atoms. The summed E-state index contributed by atoms with van der Waals surface area (Å²) in [6, 6.07) is 10.1. The predicted octanol–water partition coefficient (Wildman–Crippen LogP) is 1.32. The average Bonchev–Trinajstić information content (AvgIpc) is 2.89. The number of rotatable bonds is 3. The largest absolute Gasteiger partial charge is 0.366 e. The van der Waals surface area contributed by atoms with Crippen molar-refractivity contribution in [1.82, 2.24) is 15.5 Å². The summed E-state index contributed by atoms with van der Waals surface area (Å²) in [7, 11) is 0. The van der Waals surface area contributed by atoms with E-state index in [1.54, 1.807) is 0 Å². The van der Waals surface area contributed by atoms with Crippen molar-refractivity contribution in [1.29, 1.82) is 0 Å². The fraction of sp³-hybridized carbons (Fsp3) is 0.385. The summed E-state index contributed by atoms with van der Waals surface area (Å²) in [6.45, 7) is 2.29. The number of hydrogen-bond donors (Lipinski definition) is 1. The molecule has 0 aliphatic carbocycles. The van der Waals surface area contributed by atoms with Crippen molar-refractivity contribution in [2.75, 3.05) is 19.7 Å². The standard InChI is InChI=1S/C13H15N3O2/c1-2-4-10(5-3-1)8-12-15-13(18-16-12)11-9-14-6-7-17-11/h1-5,11,14H,6-9H2. The lowest BCUT2D eigenvalue weighted by Crippen LogP contribution is -2.33. The molecule has 1 unspecified atom stereocenters. The summed E-state index contributed by atoms with van der Waals surface area (Å²) in [5, 5.41) is 7.23. The van der Waals surface area contributed by atoms with E-state index >= 15 is 0 Å². The van der Waals surface area contributed by atoms with E-state index in [9.17, 15) is 0 Å². The van der Waals surface area contributed by atoms with Gasteiger partial charge in [0.15, 0.2) is 5.82 Å². The molecule has 1 aromatic carbocycles. The van der Waals surface area contributed by atoms with Gasteiger partial charge in [-0.3, -0.25) is 0 Å². The minimum Gasteiger partial charge on any atom is -0.366 e. The molecule has 0 bridgehead atoms. The van der Waals surface area contributed by atoms with E-state index in [2.05, 4.69) is 27.6 Å². The van der Waals surface area contributed by atoms with Gasteiger partial charge in [0, 0.05) is 19.5 Å². The Labute approximate surface area is 105 Å². The number of morpholine rings is 1. The molecule has 18 heavy (non-hydrogen) atoms. The van der Waals surface area contributed by atoms with Crippen LogP contribution in [-0.4, -0.2) is 29.8 Å². The molecular weight excluding hydrogens is 230 g/mol. The van der Waals surface area contributed by atoms with E-state index in [1.165, 1.54) is 5.56 Å². The highest BCUT2D eigenvalue weighted by Gasteiger charge is 2.21. The van der Waals surface area contributed by atoms with Gasteiger partial charge in [-0.2, -0.15) is 4.98 Å². The molecule has 2 heterocycles. The molecule has 1 N–H and O–H groups in total. The Morgan fingerprint density at radius 3 is 2.94 bits per heavy atom. The molecule has 0 amide bonds. The molecule has 1 fully saturated rings. The van der Waals surface area contributed by atoms with E-state index in [4.69, 9.17) is 9.26 Å².